The Morgan fingerprint density at radius 1 is 1.30 bits per heavy atom. The highest BCUT2D eigenvalue weighted by atomic mass is 32.2. The van der Waals surface area contributed by atoms with Crippen LogP contribution in [0.3, 0.4) is 0 Å². The van der Waals surface area contributed by atoms with Gasteiger partial charge in [0.1, 0.15) is 12.2 Å². The molecule has 1 atom stereocenters. The number of aryl methyl sites for hydroxylation is 1. The van der Waals surface area contributed by atoms with Crippen LogP contribution in [0.25, 0.3) is 0 Å². The van der Waals surface area contributed by atoms with E-state index in [2.05, 4.69) is 14.9 Å². The molecule has 8 heteroatoms. The van der Waals surface area contributed by atoms with Gasteiger partial charge in [-0.2, -0.15) is 0 Å². The van der Waals surface area contributed by atoms with Crippen molar-refractivity contribution in [3.63, 3.8) is 0 Å². The molecule has 0 aliphatic heterocycles. The Morgan fingerprint density at radius 3 is 2.70 bits per heavy atom. The Balaban J connectivity index is 1.93. The van der Waals surface area contributed by atoms with E-state index in [1.807, 2.05) is 37.3 Å². The van der Waals surface area contributed by atoms with E-state index in [-0.39, 0.29) is 12.3 Å². The van der Waals surface area contributed by atoms with Crippen molar-refractivity contribution in [3.05, 3.63) is 48.0 Å². The van der Waals surface area contributed by atoms with Gasteiger partial charge in [0.05, 0.1) is 18.4 Å². The van der Waals surface area contributed by atoms with Crippen LogP contribution in [-0.4, -0.2) is 42.1 Å². The molecule has 0 aliphatic rings. The summed E-state index contributed by atoms with van der Waals surface area (Å²) in [6.07, 6.45) is 1.72. The summed E-state index contributed by atoms with van der Waals surface area (Å²) >= 11 is 0. The second-order valence-electron chi connectivity index (χ2n) is 5.18. The van der Waals surface area contributed by atoms with E-state index in [0.717, 1.165) is 5.56 Å². The predicted molar refractivity (Wildman–Crippen MR) is 87.3 cm³/mol. The molecular weight excluding hydrogens is 316 g/mol. The Labute approximate surface area is 136 Å². The van der Waals surface area contributed by atoms with Gasteiger partial charge in [-0.05, 0) is 18.9 Å². The lowest BCUT2D eigenvalue weighted by Gasteiger charge is -2.16. The van der Waals surface area contributed by atoms with E-state index >= 15 is 0 Å². The molecule has 0 aliphatic carbocycles. The van der Waals surface area contributed by atoms with Crippen molar-refractivity contribution in [1.82, 2.24) is 19.5 Å². The van der Waals surface area contributed by atoms with Crippen LogP contribution >= 0.6 is 0 Å². The molecule has 7 nitrogen and oxygen atoms in total. The standard InChI is InChI=1S/C15H22N4O3S/c1-3-19-12-16-18-15(19)10-17-23(20,21)11-14(22-2)9-13-7-5-4-6-8-13/h4-8,12,14,17H,3,9-11H2,1-2H3/t14-/m0/s1. The maximum atomic E-state index is 12.2. The number of nitrogens with zero attached hydrogens (tertiary/aromatic N) is 3. The van der Waals surface area contributed by atoms with Gasteiger partial charge in [-0.1, -0.05) is 30.3 Å². The molecule has 1 heterocycles. The third-order valence-corrected chi connectivity index (χ3v) is 4.93. The third-order valence-electron chi connectivity index (χ3n) is 3.53. The first kappa shape index (κ1) is 17.6. The first-order chi connectivity index (χ1) is 11.0. The molecule has 0 saturated carbocycles. The number of aromatic nitrogens is 3. The quantitative estimate of drug-likeness (QED) is 0.736. The first-order valence-corrected chi connectivity index (χ1v) is 9.10. The minimum Gasteiger partial charge on any atom is -0.380 e. The van der Waals surface area contributed by atoms with E-state index < -0.39 is 16.1 Å². The van der Waals surface area contributed by atoms with Gasteiger partial charge in [0.15, 0.2) is 0 Å². The molecule has 0 spiro atoms. The molecule has 1 aromatic heterocycles. The Morgan fingerprint density at radius 2 is 2.04 bits per heavy atom. The van der Waals surface area contributed by atoms with E-state index in [1.54, 1.807) is 10.9 Å². The minimum atomic E-state index is -3.47. The molecule has 1 N–H and O–H groups in total. The lowest BCUT2D eigenvalue weighted by atomic mass is 10.1. The van der Waals surface area contributed by atoms with Gasteiger partial charge < -0.3 is 9.30 Å². The zero-order chi connectivity index (χ0) is 16.7. The fraction of sp³-hybridized carbons (Fsp3) is 0.467. The van der Waals surface area contributed by atoms with Gasteiger partial charge in [-0.3, -0.25) is 0 Å². The number of sulfonamides is 1. The highest BCUT2D eigenvalue weighted by Crippen LogP contribution is 2.08. The van der Waals surface area contributed by atoms with Gasteiger partial charge in [0.25, 0.3) is 0 Å². The van der Waals surface area contributed by atoms with Crippen LogP contribution in [0.15, 0.2) is 36.7 Å². The number of hydrogen-bond acceptors (Lipinski definition) is 5. The lowest BCUT2D eigenvalue weighted by molar-refractivity contribution is 0.121. The molecule has 0 radical (unpaired) electrons. The van der Waals surface area contributed by atoms with Crippen molar-refractivity contribution in [2.45, 2.75) is 32.5 Å². The highest BCUT2D eigenvalue weighted by molar-refractivity contribution is 7.89. The maximum Gasteiger partial charge on any atom is 0.214 e. The Kier molecular flexibility index (Phi) is 6.26. The molecule has 23 heavy (non-hydrogen) atoms. The minimum absolute atomic E-state index is 0.0986. The van der Waals surface area contributed by atoms with Crippen molar-refractivity contribution in [3.8, 4) is 0 Å². The summed E-state index contributed by atoms with van der Waals surface area (Å²) in [6, 6.07) is 9.68. The van der Waals surface area contributed by atoms with Gasteiger partial charge in [0.2, 0.25) is 10.0 Å². The predicted octanol–water partition coefficient (Wildman–Crippen LogP) is 0.975. The molecule has 2 rings (SSSR count). The number of benzene rings is 1. The molecular formula is C15H22N4O3S. The number of nitrogens with one attached hydrogen (secondary N) is 1. The van der Waals surface area contributed by atoms with Gasteiger partial charge in [-0.25, -0.2) is 13.1 Å². The molecule has 0 fully saturated rings. The second-order valence-corrected chi connectivity index (χ2v) is 7.03. The Bertz CT molecular complexity index is 701. The van der Waals surface area contributed by atoms with E-state index in [1.165, 1.54) is 7.11 Å². The average molecular weight is 338 g/mol. The number of hydrogen-bond donors (Lipinski definition) is 1. The maximum absolute atomic E-state index is 12.2. The number of ether oxygens (including phenoxy) is 1. The van der Waals surface area contributed by atoms with Crippen molar-refractivity contribution in [1.29, 1.82) is 0 Å². The normalized spacial score (nSPS) is 13.1. The monoisotopic (exact) mass is 338 g/mol. The molecule has 126 valence electrons. The largest absolute Gasteiger partial charge is 0.380 e. The van der Waals surface area contributed by atoms with Crippen LogP contribution in [0.2, 0.25) is 0 Å². The van der Waals surface area contributed by atoms with Crippen LogP contribution in [0.5, 0.6) is 0 Å². The van der Waals surface area contributed by atoms with Crippen LogP contribution < -0.4 is 4.72 Å². The zero-order valence-corrected chi connectivity index (χ0v) is 14.2. The molecule has 0 amide bonds. The van der Waals surface area contributed by atoms with Crippen molar-refractivity contribution in [2.24, 2.45) is 0 Å². The molecule has 0 bridgehead atoms. The first-order valence-electron chi connectivity index (χ1n) is 7.44. The van der Waals surface area contributed by atoms with Crippen molar-refractivity contribution < 1.29 is 13.2 Å². The average Bonchev–Trinajstić information content (AvgIpc) is 3.01. The summed E-state index contributed by atoms with van der Waals surface area (Å²) in [6.45, 7) is 2.76. The Hall–Kier alpha value is -1.77. The van der Waals surface area contributed by atoms with Crippen LogP contribution in [0.4, 0.5) is 0 Å². The molecule has 0 unspecified atom stereocenters. The molecule has 0 saturated heterocycles. The molecule has 2 aromatic rings. The van der Waals surface area contributed by atoms with E-state index in [4.69, 9.17) is 4.74 Å². The number of rotatable bonds is 9. The summed E-state index contributed by atoms with van der Waals surface area (Å²) in [5.41, 5.74) is 1.04. The van der Waals surface area contributed by atoms with Gasteiger partial charge >= 0.3 is 0 Å². The zero-order valence-electron chi connectivity index (χ0n) is 13.3. The fourth-order valence-corrected chi connectivity index (χ4v) is 3.46. The smallest absolute Gasteiger partial charge is 0.214 e. The summed E-state index contributed by atoms with van der Waals surface area (Å²) in [5.74, 6) is 0.492. The fourth-order valence-electron chi connectivity index (χ4n) is 2.25. The summed E-state index contributed by atoms with van der Waals surface area (Å²) in [7, 11) is -1.95. The van der Waals surface area contributed by atoms with Gasteiger partial charge in [-0.15, -0.1) is 10.2 Å². The summed E-state index contributed by atoms with van der Waals surface area (Å²) < 4.78 is 34.1. The topological polar surface area (TPSA) is 86.1 Å². The lowest BCUT2D eigenvalue weighted by Crippen LogP contribution is -2.34. The third kappa shape index (κ3) is 5.42. The van der Waals surface area contributed by atoms with Crippen molar-refractivity contribution >= 4 is 10.0 Å². The summed E-state index contributed by atoms with van der Waals surface area (Å²) in [5, 5.41) is 7.69. The van der Waals surface area contributed by atoms with Crippen LogP contribution in [-0.2, 0) is 34.3 Å². The van der Waals surface area contributed by atoms with Crippen LogP contribution in [0.1, 0.15) is 18.3 Å². The van der Waals surface area contributed by atoms with Crippen LogP contribution in [0, 0.1) is 0 Å². The van der Waals surface area contributed by atoms with Crippen molar-refractivity contribution in [2.75, 3.05) is 12.9 Å². The summed E-state index contributed by atoms with van der Waals surface area (Å²) in [4.78, 5) is 0. The second kappa shape index (κ2) is 8.19. The SMILES string of the molecule is CCn1cnnc1CNS(=O)(=O)C[C@H](Cc1ccccc1)OC. The van der Waals surface area contributed by atoms with E-state index in [9.17, 15) is 8.42 Å². The molecule has 1 aromatic carbocycles. The van der Waals surface area contributed by atoms with E-state index in [0.29, 0.717) is 18.8 Å². The van der Waals surface area contributed by atoms with Gasteiger partial charge in [0, 0.05) is 13.7 Å². The highest BCUT2D eigenvalue weighted by Gasteiger charge is 2.20. The number of methoxy groups -OCH3 is 1.